The fraction of sp³-hybridized carbons (Fsp3) is 0.0769. The third-order valence-electron chi connectivity index (χ3n) is 2.48. The molecule has 88 valence electrons. The summed E-state index contributed by atoms with van der Waals surface area (Å²) < 4.78 is 0. The van der Waals surface area contributed by atoms with Crippen LogP contribution in [0.25, 0.3) is 0 Å². The van der Waals surface area contributed by atoms with Crippen molar-refractivity contribution in [2.75, 3.05) is 5.01 Å². The summed E-state index contributed by atoms with van der Waals surface area (Å²) in [6, 6.07) is 18.7. The van der Waals surface area contributed by atoms with Crippen molar-refractivity contribution in [3.05, 3.63) is 71.4 Å². The van der Waals surface area contributed by atoms with Crippen molar-refractivity contribution in [3.8, 4) is 0 Å². The van der Waals surface area contributed by atoms with Gasteiger partial charge in [0.2, 0.25) is 0 Å². The van der Waals surface area contributed by atoms with Crippen molar-refractivity contribution < 1.29 is 10.5 Å². The van der Waals surface area contributed by atoms with Crippen molar-refractivity contribution in [2.24, 2.45) is 0 Å². The third-order valence-corrected chi connectivity index (χ3v) is 2.48. The van der Waals surface area contributed by atoms with E-state index in [-0.39, 0.29) is 0 Å². The molecule has 0 aliphatic heterocycles. The first-order chi connectivity index (χ1) is 8.27. The molecule has 0 saturated heterocycles. The number of hydrogen-bond acceptors (Lipinski definition) is 3. The summed E-state index contributed by atoms with van der Waals surface area (Å²) in [5, 5.41) is 20.8. The Morgan fingerprint density at radius 3 is 2.00 bits per heavy atom. The molecule has 2 N–H and O–H groups in total. The molecule has 0 heterocycles. The second-order valence-electron chi connectivity index (χ2n) is 3.69. The SMILES string of the molecule is [O-][NH+](O)N(Cc1ccccc1)c1ccccc1. The van der Waals surface area contributed by atoms with Gasteiger partial charge in [0.25, 0.3) is 0 Å². The quantitative estimate of drug-likeness (QED) is 0.780. The second-order valence-corrected chi connectivity index (χ2v) is 3.69. The minimum Gasteiger partial charge on any atom is -0.574 e. The third kappa shape index (κ3) is 3.04. The predicted molar refractivity (Wildman–Crippen MR) is 65.2 cm³/mol. The molecule has 2 aromatic rings. The molecule has 0 aliphatic rings. The zero-order chi connectivity index (χ0) is 12.1. The lowest BCUT2D eigenvalue weighted by atomic mass is 10.2. The summed E-state index contributed by atoms with van der Waals surface area (Å²) in [4.78, 5) is 0. The number of hydrogen-bond donors (Lipinski definition) is 2. The maximum atomic E-state index is 11.2. The summed E-state index contributed by atoms with van der Waals surface area (Å²) in [6.07, 6.45) is 0. The van der Waals surface area contributed by atoms with Gasteiger partial charge in [0, 0.05) is 0 Å². The zero-order valence-corrected chi connectivity index (χ0v) is 9.28. The lowest BCUT2D eigenvalue weighted by Crippen LogP contribution is -3.12. The molecule has 4 heteroatoms. The highest BCUT2D eigenvalue weighted by atomic mass is 16.8. The topological polar surface area (TPSA) is 51.0 Å². The number of rotatable bonds is 4. The van der Waals surface area contributed by atoms with Gasteiger partial charge >= 0.3 is 0 Å². The molecule has 0 aromatic heterocycles. The molecule has 0 radical (unpaired) electrons. The van der Waals surface area contributed by atoms with E-state index in [4.69, 9.17) is 0 Å². The molecular weight excluding hydrogens is 216 g/mol. The Balaban J connectivity index is 2.20. The summed E-state index contributed by atoms with van der Waals surface area (Å²) >= 11 is 0. The molecule has 0 aliphatic carbocycles. The summed E-state index contributed by atoms with van der Waals surface area (Å²) in [6.45, 7) is 0.361. The monoisotopic (exact) mass is 230 g/mol. The standard InChI is InChI=1S/C13H14N2O2/c16-15(17)14(13-9-5-2-6-10-13)11-12-7-3-1-4-8-12/h1-10,15-16H,11H2. The molecule has 4 nitrogen and oxygen atoms in total. The van der Waals surface area contributed by atoms with Gasteiger partial charge in [0.15, 0.2) is 0 Å². The van der Waals surface area contributed by atoms with E-state index in [0.717, 1.165) is 5.56 Å². The van der Waals surface area contributed by atoms with Crippen LogP contribution in [0, 0.1) is 5.21 Å². The van der Waals surface area contributed by atoms with E-state index in [1.165, 1.54) is 5.01 Å². The van der Waals surface area contributed by atoms with Crippen LogP contribution in [-0.4, -0.2) is 5.21 Å². The van der Waals surface area contributed by atoms with Crippen molar-refractivity contribution in [1.29, 1.82) is 0 Å². The largest absolute Gasteiger partial charge is 0.574 e. The molecule has 2 aromatic carbocycles. The average Bonchev–Trinajstić information content (AvgIpc) is 2.38. The number of quaternary nitrogens is 1. The average molecular weight is 230 g/mol. The van der Waals surface area contributed by atoms with Crippen molar-refractivity contribution >= 4 is 5.69 Å². The molecule has 0 saturated carbocycles. The molecule has 0 bridgehead atoms. The maximum absolute atomic E-state index is 11.2. The normalized spacial score (nSPS) is 12.1. The second kappa shape index (κ2) is 5.45. The minimum absolute atomic E-state index is 0.361. The number of anilines is 1. The summed E-state index contributed by atoms with van der Waals surface area (Å²) in [7, 11) is 0. The van der Waals surface area contributed by atoms with Crippen LogP contribution in [0.2, 0.25) is 0 Å². The van der Waals surface area contributed by atoms with Crippen LogP contribution < -0.4 is 10.3 Å². The van der Waals surface area contributed by atoms with Crippen molar-refractivity contribution in [1.82, 2.24) is 0 Å². The van der Waals surface area contributed by atoms with E-state index >= 15 is 0 Å². The fourth-order valence-corrected chi connectivity index (χ4v) is 1.64. The minimum atomic E-state index is -0.944. The first-order valence-corrected chi connectivity index (χ1v) is 5.37. The van der Waals surface area contributed by atoms with Gasteiger partial charge in [-0.1, -0.05) is 48.5 Å². The van der Waals surface area contributed by atoms with Gasteiger partial charge in [0.05, 0.1) is 12.2 Å². The van der Waals surface area contributed by atoms with Crippen LogP contribution in [0.15, 0.2) is 60.7 Å². The molecule has 2 rings (SSSR count). The Kier molecular flexibility index (Phi) is 3.72. The van der Waals surface area contributed by atoms with Crippen LogP contribution in [0.1, 0.15) is 5.56 Å². The van der Waals surface area contributed by atoms with Gasteiger partial charge in [0.1, 0.15) is 0 Å². The lowest BCUT2D eigenvalue weighted by molar-refractivity contribution is -1.05. The Morgan fingerprint density at radius 1 is 0.941 bits per heavy atom. The van der Waals surface area contributed by atoms with E-state index in [2.05, 4.69) is 0 Å². The van der Waals surface area contributed by atoms with Crippen molar-refractivity contribution in [3.63, 3.8) is 0 Å². The van der Waals surface area contributed by atoms with Crippen LogP contribution >= 0.6 is 0 Å². The van der Waals surface area contributed by atoms with E-state index in [9.17, 15) is 10.4 Å². The number of nitrogens with one attached hydrogen (secondary N) is 1. The summed E-state index contributed by atoms with van der Waals surface area (Å²) in [5.74, 6) is 0. The van der Waals surface area contributed by atoms with Gasteiger partial charge in [-0.15, -0.1) is 5.34 Å². The van der Waals surface area contributed by atoms with E-state index in [0.29, 0.717) is 12.2 Å². The Bertz CT molecular complexity index is 445. The van der Waals surface area contributed by atoms with E-state index < -0.39 is 5.34 Å². The predicted octanol–water partition coefficient (Wildman–Crippen LogP) is 1.38. The Labute approximate surface area is 99.8 Å². The number of nitrogens with zero attached hydrogens (tertiary/aromatic N) is 1. The van der Waals surface area contributed by atoms with Crippen LogP contribution in [0.4, 0.5) is 5.69 Å². The Morgan fingerprint density at radius 2 is 1.47 bits per heavy atom. The van der Waals surface area contributed by atoms with Crippen LogP contribution in [-0.2, 0) is 6.54 Å². The summed E-state index contributed by atoms with van der Waals surface area (Å²) in [5.41, 5.74) is 1.66. The number of para-hydroxylation sites is 1. The van der Waals surface area contributed by atoms with Gasteiger partial charge in [-0.2, -0.15) is 10.2 Å². The van der Waals surface area contributed by atoms with Gasteiger partial charge in [-0.05, 0) is 17.7 Å². The molecule has 0 amide bonds. The maximum Gasteiger partial charge on any atom is 0.0969 e. The van der Waals surface area contributed by atoms with Gasteiger partial charge < -0.3 is 5.21 Å². The van der Waals surface area contributed by atoms with E-state index in [1.54, 1.807) is 12.1 Å². The Hall–Kier alpha value is -1.88. The highest BCUT2D eigenvalue weighted by Gasteiger charge is 2.12. The van der Waals surface area contributed by atoms with Crippen molar-refractivity contribution in [2.45, 2.75) is 6.54 Å². The first-order valence-electron chi connectivity index (χ1n) is 5.37. The molecular formula is C13H14N2O2. The highest BCUT2D eigenvalue weighted by Crippen LogP contribution is 2.12. The molecule has 0 spiro atoms. The highest BCUT2D eigenvalue weighted by molar-refractivity contribution is 5.43. The fourth-order valence-electron chi connectivity index (χ4n) is 1.64. The van der Waals surface area contributed by atoms with E-state index in [1.807, 2.05) is 48.5 Å². The molecule has 1 atom stereocenters. The molecule has 17 heavy (non-hydrogen) atoms. The molecule has 1 unspecified atom stereocenters. The van der Waals surface area contributed by atoms with Crippen LogP contribution in [0.3, 0.4) is 0 Å². The van der Waals surface area contributed by atoms with Crippen LogP contribution in [0.5, 0.6) is 0 Å². The van der Waals surface area contributed by atoms with Gasteiger partial charge in [-0.25, -0.2) is 0 Å². The lowest BCUT2D eigenvalue weighted by Gasteiger charge is -2.28. The molecule has 0 fully saturated rings. The van der Waals surface area contributed by atoms with Gasteiger partial charge in [-0.3, -0.25) is 0 Å². The zero-order valence-electron chi connectivity index (χ0n) is 9.28. The number of benzene rings is 2. The smallest absolute Gasteiger partial charge is 0.0969 e. The first kappa shape index (κ1) is 11.6.